The summed E-state index contributed by atoms with van der Waals surface area (Å²) in [7, 11) is 0. The van der Waals surface area contributed by atoms with Crippen LogP contribution in [0.3, 0.4) is 0 Å². The molecule has 4 nitrogen and oxygen atoms in total. The molecule has 27 heavy (non-hydrogen) atoms. The lowest BCUT2D eigenvalue weighted by atomic mass is 9.96. The third-order valence-corrected chi connectivity index (χ3v) is 4.87. The summed E-state index contributed by atoms with van der Waals surface area (Å²) in [4.78, 5) is 26.7. The van der Waals surface area contributed by atoms with Gasteiger partial charge in [-0.05, 0) is 61.2 Å². The molecule has 0 bridgehead atoms. The molecule has 142 valence electrons. The van der Waals surface area contributed by atoms with Crippen LogP contribution < -0.4 is 5.32 Å². The van der Waals surface area contributed by atoms with Crippen LogP contribution in [0.5, 0.6) is 0 Å². The second-order valence-electron chi connectivity index (χ2n) is 6.90. The monoisotopic (exact) mass is 372 g/mol. The van der Waals surface area contributed by atoms with E-state index in [1.807, 2.05) is 0 Å². The van der Waals surface area contributed by atoms with E-state index in [2.05, 4.69) is 5.32 Å². The SMILES string of the molecule is Cc1ccc(CNC(=O)[C@@H]2CCCN(C(=O)c3ccc(F)cc3)C2)cc1F. The molecule has 0 saturated carbocycles. The zero-order valence-electron chi connectivity index (χ0n) is 15.2. The van der Waals surface area contributed by atoms with Crippen molar-refractivity contribution in [1.29, 1.82) is 0 Å². The quantitative estimate of drug-likeness (QED) is 0.894. The number of nitrogens with zero attached hydrogens (tertiary/aromatic N) is 1. The van der Waals surface area contributed by atoms with Gasteiger partial charge in [-0.1, -0.05) is 12.1 Å². The number of carbonyl (C=O) groups is 2. The van der Waals surface area contributed by atoms with Gasteiger partial charge >= 0.3 is 0 Å². The van der Waals surface area contributed by atoms with E-state index in [9.17, 15) is 18.4 Å². The number of aryl methyl sites for hydroxylation is 1. The molecular formula is C21H22F2N2O2. The van der Waals surface area contributed by atoms with Gasteiger partial charge in [0.15, 0.2) is 0 Å². The zero-order valence-corrected chi connectivity index (χ0v) is 15.2. The number of amides is 2. The lowest BCUT2D eigenvalue weighted by Crippen LogP contribution is -2.45. The Bertz CT molecular complexity index is 837. The predicted octanol–water partition coefficient (Wildman–Crippen LogP) is 3.44. The number of hydrogen-bond donors (Lipinski definition) is 1. The fourth-order valence-electron chi connectivity index (χ4n) is 3.23. The van der Waals surface area contributed by atoms with E-state index in [4.69, 9.17) is 0 Å². The molecule has 6 heteroatoms. The molecule has 0 aromatic heterocycles. The average molecular weight is 372 g/mol. The van der Waals surface area contributed by atoms with Gasteiger partial charge in [0.25, 0.3) is 5.91 Å². The first-order valence-corrected chi connectivity index (χ1v) is 9.01. The van der Waals surface area contributed by atoms with Crippen LogP contribution in [0.1, 0.15) is 34.3 Å². The maximum Gasteiger partial charge on any atom is 0.253 e. The number of nitrogens with one attached hydrogen (secondary N) is 1. The Morgan fingerprint density at radius 2 is 1.89 bits per heavy atom. The minimum atomic E-state index is -0.394. The fraction of sp³-hybridized carbons (Fsp3) is 0.333. The molecule has 1 aliphatic heterocycles. The largest absolute Gasteiger partial charge is 0.352 e. The fourth-order valence-corrected chi connectivity index (χ4v) is 3.23. The van der Waals surface area contributed by atoms with Crippen LogP contribution in [-0.4, -0.2) is 29.8 Å². The van der Waals surface area contributed by atoms with E-state index in [0.717, 1.165) is 6.42 Å². The highest BCUT2D eigenvalue weighted by Gasteiger charge is 2.28. The Hall–Kier alpha value is -2.76. The van der Waals surface area contributed by atoms with Crippen LogP contribution in [0, 0.1) is 24.5 Å². The van der Waals surface area contributed by atoms with Crippen molar-refractivity contribution in [3.63, 3.8) is 0 Å². The Morgan fingerprint density at radius 3 is 2.59 bits per heavy atom. The van der Waals surface area contributed by atoms with Crippen LogP contribution in [0.25, 0.3) is 0 Å². The van der Waals surface area contributed by atoms with Gasteiger partial charge in [0.2, 0.25) is 5.91 Å². The van der Waals surface area contributed by atoms with Crippen molar-refractivity contribution in [3.05, 3.63) is 70.8 Å². The Morgan fingerprint density at radius 1 is 1.15 bits per heavy atom. The van der Waals surface area contributed by atoms with E-state index in [0.29, 0.717) is 36.2 Å². The molecule has 1 saturated heterocycles. The minimum Gasteiger partial charge on any atom is -0.352 e. The lowest BCUT2D eigenvalue weighted by Gasteiger charge is -2.32. The lowest BCUT2D eigenvalue weighted by molar-refractivity contribution is -0.126. The van der Waals surface area contributed by atoms with Gasteiger partial charge in [-0.3, -0.25) is 9.59 Å². The Kier molecular flexibility index (Phi) is 5.84. The van der Waals surface area contributed by atoms with Gasteiger partial charge < -0.3 is 10.2 Å². The number of benzene rings is 2. The van der Waals surface area contributed by atoms with Gasteiger partial charge in [-0.2, -0.15) is 0 Å². The molecule has 3 rings (SSSR count). The van der Waals surface area contributed by atoms with Crippen molar-refractivity contribution in [2.24, 2.45) is 5.92 Å². The van der Waals surface area contributed by atoms with E-state index in [1.165, 1.54) is 30.3 Å². The van der Waals surface area contributed by atoms with E-state index >= 15 is 0 Å². The van der Waals surface area contributed by atoms with E-state index in [-0.39, 0.29) is 30.1 Å². The van der Waals surface area contributed by atoms with Gasteiger partial charge in [0.1, 0.15) is 11.6 Å². The second kappa shape index (κ2) is 8.29. The molecule has 1 heterocycles. The van der Waals surface area contributed by atoms with Crippen LogP contribution in [0.4, 0.5) is 8.78 Å². The van der Waals surface area contributed by atoms with Crippen molar-refractivity contribution < 1.29 is 18.4 Å². The third kappa shape index (κ3) is 4.70. The Labute approximate surface area is 157 Å². The number of rotatable bonds is 4. The number of carbonyl (C=O) groups excluding carboxylic acids is 2. The smallest absolute Gasteiger partial charge is 0.253 e. The normalized spacial score (nSPS) is 16.9. The Balaban J connectivity index is 1.58. The average Bonchev–Trinajstić information content (AvgIpc) is 2.69. The molecule has 0 spiro atoms. The first kappa shape index (κ1) is 19.0. The first-order valence-electron chi connectivity index (χ1n) is 9.01. The van der Waals surface area contributed by atoms with Crippen molar-refractivity contribution >= 4 is 11.8 Å². The summed E-state index contributed by atoms with van der Waals surface area (Å²) in [5.41, 5.74) is 1.67. The molecule has 2 aromatic carbocycles. The van der Waals surface area contributed by atoms with Crippen molar-refractivity contribution in [2.75, 3.05) is 13.1 Å². The standard InChI is InChI=1S/C21H22F2N2O2/c1-14-4-5-15(11-19(14)23)12-24-20(26)17-3-2-10-25(13-17)21(27)16-6-8-18(22)9-7-16/h4-9,11,17H,2-3,10,12-13H2,1H3,(H,24,26)/t17-/m1/s1. The van der Waals surface area contributed by atoms with Crippen LogP contribution in [0.2, 0.25) is 0 Å². The second-order valence-corrected chi connectivity index (χ2v) is 6.90. The topological polar surface area (TPSA) is 49.4 Å². The van der Waals surface area contributed by atoms with Crippen LogP contribution in [0.15, 0.2) is 42.5 Å². The van der Waals surface area contributed by atoms with Crippen molar-refractivity contribution in [3.8, 4) is 0 Å². The summed E-state index contributed by atoms with van der Waals surface area (Å²) >= 11 is 0. The first-order chi connectivity index (χ1) is 12.9. The van der Waals surface area contributed by atoms with Crippen LogP contribution in [-0.2, 0) is 11.3 Å². The molecule has 2 aromatic rings. The number of hydrogen-bond acceptors (Lipinski definition) is 2. The highest BCUT2D eigenvalue weighted by atomic mass is 19.1. The molecule has 0 radical (unpaired) electrons. The summed E-state index contributed by atoms with van der Waals surface area (Å²) in [5.74, 6) is -1.34. The van der Waals surface area contributed by atoms with E-state index < -0.39 is 5.82 Å². The summed E-state index contributed by atoms with van der Waals surface area (Å²) < 4.78 is 26.6. The zero-order chi connectivity index (χ0) is 19.4. The molecule has 0 aliphatic carbocycles. The van der Waals surface area contributed by atoms with Crippen molar-refractivity contribution in [2.45, 2.75) is 26.3 Å². The number of likely N-dealkylation sites (tertiary alicyclic amines) is 1. The highest BCUT2D eigenvalue weighted by Crippen LogP contribution is 2.19. The molecule has 2 amide bonds. The molecule has 0 unspecified atom stereocenters. The molecule has 1 aliphatic rings. The van der Waals surface area contributed by atoms with Gasteiger partial charge in [-0.25, -0.2) is 8.78 Å². The minimum absolute atomic E-state index is 0.146. The summed E-state index contributed by atoms with van der Waals surface area (Å²) in [6.07, 6.45) is 1.42. The maximum atomic E-state index is 13.6. The predicted molar refractivity (Wildman–Crippen MR) is 98.0 cm³/mol. The molecule has 1 N–H and O–H groups in total. The maximum absolute atomic E-state index is 13.6. The van der Waals surface area contributed by atoms with Crippen LogP contribution >= 0.6 is 0 Å². The van der Waals surface area contributed by atoms with E-state index in [1.54, 1.807) is 24.0 Å². The summed E-state index contributed by atoms with van der Waals surface area (Å²) in [5, 5.41) is 2.83. The third-order valence-electron chi connectivity index (χ3n) is 4.87. The molecular weight excluding hydrogens is 350 g/mol. The number of piperidine rings is 1. The highest BCUT2D eigenvalue weighted by molar-refractivity contribution is 5.94. The molecule has 1 atom stereocenters. The van der Waals surface area contributed by atoms with Gasteiger partial charge in [0, 0.05) is 25.2 Å². The number of halogens is 2. The molecule has 1 fully saturated rings. The van der Waals surface area contributed by atoms with Gasteiger partial charge in [0.05, 0.1) is 5.92 Å². The van der Waals surface area contributed by atoms with Gasteiger partial charge in [-0.15, -0.1) is 0 Å². The van der Waals surface area contributed by atoms with Crippen molar-refractivity contribution in [1.82, 2.24) is 10.2 Å². The summed E-state index contributed by atoms with van der Waals surface area (Å²) in [6, 6.07) is 10.3. The summed E-state index contributed by atoms with van der Waals surface area (Å²) in [6.45, 7) is 2.83.